The van der Waals surface area contributed by atoms with Gasteiger partial charge >= 0.3 is 0 Å². The van der Waals surface area contributed by atoms with Crippen molar-refractivity contribution in [2.45, 2.75) is 59.8 Å². The van der Waals surface area contributed by atoms with Crippen molar-refractivity contribution in [3.05, 3.63) is 35.4 Å². The van der Waals surface area contributed by atoms with Crippen LogP contribution in [0.2, 0.25) is 0 Å². The molecule has 1 aromatic rings. The molecule has 1 rings (SSSR count). The van der Waals surface area contributed by atoms with E-state index in [1.54, 1.807) is 0 Å². The van der Waals surface area contributed by atoms with Crippen molar-refractivity contribution < 1.29 is 4.79 Å². The van der Waals surface area contributed by atoms with E-state index in [0.29, 0.717) is 31.1 Å². The Kier molecular flexibility index (Phi) is 7.10. The van der Waals surface area contributed by atoms with E-state index in [2.05, 4.69) is 52.0 Å². The molecule has 2 heteroatoms. The Balaban J connectivity index is 2.48. The standard InChI is InChI=1S/C19H31NO/c1-5-15-6-8-16(9-7-15)14-18(21)11-10-17(12-13-20)19(2,3)4/h6-9,17H,5,10-14,20H2,1-4H3. The number of Topliss-reactive ketones (excluding diaryl/α,β-unsaturated/α-hetero) is 1. The fourth-order valence-electron chi connectivity index (χ4n) is 2.76. The highest BCUT2D eigenvalue weighted by Crippen LogP contribution is 2.32. The summed E-state index contributed by atoms with van der Waals surface area (Å²) >= 11 is 0. The number of carbonyl (C=O) groups is 1. The van der Waals surface area contributed by atoms with Gasteiger partial charge < -0.3 is 5.73 Å². The molecule has 0 heterocycles. The van der Waals surface area contributed by atoms with E-state index in [4.69, 9.17) is 5.73 Å². The molecule has 2 N–H and O–H groups in total. The minimum Gasteiger partial charge on any atom is -0.330 e. The number of nitrogens with two attached hydrogens (primary N) is 1. The predicted octanol–water partition coefficient (Wildman–Crippen LogP) is 4.15. The van der Waals surface area contributed by atoms with E-state index in [9.17, 15) is 4.79 Å². The second kappa shape index (κ2) is 8.33. The minimum absolute atomic E-state index is 0.225. The highest BCUT2D eigenvalue weighted by atomic mass is 16.1. The third kappa shape index (κ3) is 6.43. The summed E-state index contributed by atoms with van der Waals surface area (Å²) < 4.78 is 0. The van der Waals surface area contributed by atoms with Crippen LogP contribution in [0.5, 0.6) is 0 Å². The number of carbonyl (C=O) groups excluding carboxylic acids is 1. The van der Waals surface area contributed by atoms with E-state index in [1.165, 1.54) is 5.56 Å². The van der Waals surface area contributed by atoms with Crippen molar-refractivity contribution in [3.8, 4) is 0 Å². The lowest BCUT2D eigenvalue weighted by molar-refractivity contribution is -0.118. The Morgan fingerprint density at radius 3 is 2.14 bits per heavy atom. The normalized spacial score (nSPS) is 13.2. The fourth-order valence-corrected chi connectivity index (χ4v) is 2.76. The summed E-state index contributed by atoms with van der Waals surface area (Å²) in [6.45, 7) is 9.56. The number of aryl methyl sites for hydroxylation is 1. The highest BCUT2D eigenvalue weighted by Gasteiger charge is 2.24. The zero-order valence-electron chi connectivity index (χ0n) is 14.1. The summed E-state index contributed by atoms with van der Waals surface area (Å²) in [5.74, 6) is 0.861. The van der Waals surface area contributed by atoms with Crippen LogP contribution in [0.1, 0.15) is 58.1 Å². The molecule has 0 bridgehead atoms. The van der Waals surface area contributed by atoms with Crippen LogP contribution in [0, 0.1) is 11.3 Å². The minimum atomic E-state index is 0.225. The number of benzene rings is 1. The van der Waals surface area contributed by atoms with Gasteiger partial charge in [0.05, 0.1) is 0 Å². The van der Waals surface area contributed by atoms with Crippen molar-refractivity contribution in [2.75, 3.05) is 6.54 Å². The van der Waals surface area contributed by atoms with E-state index < -0.39 is 0 Å². The van der Waals surface area contributed by atoms with E-state index in [1.807, 2.05) is 0 Å². The molecule has 0 saturated carbocycles. The SMILES string of the molecule is CCc1ccc(CC(=O)CCC(CCN)C(C)(C)C)cc1. The van der Waals surface area contributed by atoms with Crippen LogP contribution in [0.15, 0.2) is 24.3 Å². The third-order valence-corrected chi connectivity index (χ3v) is 4.34. The smallest absolute Gasteiger partial charge is 0.137 e. The maximum Gasteiger partial charge on any atom is 0.137 e. The van der Waals surface area contributed by atoms with Crippen LogP contribution in [0.3, 0.4) is 0 Å². The van der Waals surface area contributed by atoms with Crippen LogP contribution in [0.25, 0.3) is 0 Å². The molecule has 0 aromatic heterocycles. The first-order chi connectivity index (χ1) is 9.86. The van der Waals surface area contributed by atoms with Gasteiger partial charge in [0.1, 0.15) is 5.78 Å². The molecule has 2 nitrogen and oxygen atoms in total. The van der Waals surface area contributed by atoms with Crippen LogP contribution in [-0.2, 0) is 17.6 Å². The molecule has 0 radical (unpaired) electrons. The Bertz CT molecular complexity index is 428. The summed E-state index contributed by atoms with van der Waals surface area (Å²) in [6.07, 6.45) is 4.22. The number of hydrogen-bond donors (Lipinski definition) is 1. The van der Waals surface area contributed by atoms with Gasteiger partial charge in [-0.25, -0.2) is 0 Å². The van der Waals surface area contributed by atoms with E-state index in [-0.39, 0.29) is 5.41 Å². The van der Waals surface area contributed by atoms with Gasteiger partial charge in [0, 0.05) is 12.8 Å². The zero-order valence-corrected chi connectivity index (χ0v) is 14.1. The number of rotatable bonds is 8. The zero-order chi connectivity index (χ0) is 15.9. The average molecular weight is 289 g/mol. The largest absolute Gasteiger partial charge is 0.330 e. The predicted molar refractivity (Wildman–Crippen MR) is 90.4 cm³/mol. The molecule has 1 unspecified atom stereocenters. The van der Waals surface area contributed by atoms with Gasteiger partial charge in [-0.1, -0.05) is 52.0 Å². The molecule has 0 spiro atoms. The molecule has 0 aliphatic heterocycles. The summed E-state index contributed by atoms with van der Waals surface area (Å²) in [5, 5.41) is 0. The van der Waals surface area contributed by atoms with Crippen molar-refractivity contribution in [1.29, 1.82) is 0 Å². The molecular formula is C19H31NO. The van der Waals surface area contributed by atoms with E-state index >= 15 is 0 Å². The fraction of sp³-hybridized carbons (Fsp3) is 0.632. The third-order valence-electron chi connectivity index (χ3n) is 4.34. The lowest BCUT2D eigenvalue weighted by Crippen LogP contribution is -2.24. The molecule has 21 heavy (non-hydrogen) atoms. The summed E-state index contributed by atoms with van der Waals surface area (Å²) in [6, 6.07) is 8.40. The molecule has 0 saturated heterocycles. The average Bonchev–Trinajstić information content (AvgIpc) is 2.43. The topological polar surface area (TPSA) is 43.1 Å². The van der Waals surface area contributed by atoms with Crippen LogP contribution in [-0.4, -0.2) is 12.3 Å². The molecule has 118 valence electrons. The van der Waals surface area contributed by atoms with Gasteiger partial charge in [0.15, 0.2) is 0 Å². The Hall–Kier alpha value is -1.15. The number of ketones is 1. The molecule has 0 aliphatic rings. The second-order valence-corrected chi connectivity index (χ2v) is 7.06. The van der Waals surface area contributed by atoms with Crippen LogP contribution >= 0.6 is 0 Å². The Morgan fingerprint density at radius 2 is 1.67 bits per heavy atom. The second-order valence-electron chi connectivity index (χ2n) is 7.06. The Labute approximate surface area is 130 Å². The van der Waals surface area contributed by atoms with Crippen LogP contribution in [0.4, 0.5) is 0 Å². The molecule has 0 fully saturated rings. The van der Waals surface area contributed by atoms with Crippen molar-refractivity contribution >= 4 is 5.78 Å². The maximum atomic E-state index is 12.2. The van der Waals surface area contributed by atoms with Gasteiger partial charge in [0.2, 0.25) is 0 Å². The van der Waals surface area contributed by atoms with Crippen molar-refractivity contribution in [3.63, 3.8) is 0 Å². The lowest BCUT2D eigenvalue weighted by Gasteiger charge is -2.30. The van der Waals surface area contributed by atoms with Gasteiger partial charge in [0.25, 0.3) is 0 Å². The quantitative estimate of drug-likeness (QED) is 0.781. The highest BCUT2D eigenvalue weighted by molar-refractivity contribution is 5.80. The summed E-state index contributed by atoms with van der Waals surface area (Å²) in [4.78, 5) is 12.2. The van der Waals surface area contributed by atoms with Gasteiger partial charge in [-0.3, -0.25) is 4.79 Å². The monoisotopic (exact) mass is 289 g/mol. The molecular weight excluding hydrogens is 258 g/mol. The first-order valence-corrected chi connectivity index (χ1v) is 8.16. The first kappa shape index (κ1) is 17.9. The number of hydrogen-bond acceptors (Lipinski definition) is 2. The first-order valence-electron chi connectivity index (χ1n) is 8.16. The van der Waals surface area contributed by atoms with E-state index in [0.717, 1.165) is 24.8 Å². The van der Waals surface area contributed by atoms with Gasteiger partial charge in [-0.2, -0.15) is 0 Å². The van der Waals surface area contributed by atoms with Crippen molar-refractivity contribution in [1.82, 2.24) is 0 Å². The van der Waals surface area contributed by atoms with Crippen molar-refractivity contribution in [2.24, 2.45) is 17.1 Å². The maximum absolute atomic E-state index is 12.2. The molecule has 0 amide bonds. The lowest BCUT2D eigenvalue weighted by atomic mass is 9.76. The van der Waals surface area contributed by atoms with Gasteiger partial charge in [-0.05, 0) is 48.3 Å². The summed E-state index contributed by atoms with van der Waals surface area (Å²) in [7, 11) is 0. The molecule has 1 aromatic carbocycles. The molecule has 1 atom stereocenters. The summed E-state index contributed by atoms with van der Waals surface area (Å²) in [5.41, 5.74) is 8.37. The Morgan fingerprint density at radius 1 is 1.10 bits per heavy atom. The van der Waals surface area contributed by atoms with Gasteiger partial charge in [-0.15, -0.1) is 0 Å². The van der Waals surface area contributed by atoms with Crippen LogP contribution < -0.4 is 5.73 Å². The molecule has 0 aliphatic carbocycles.